The SMILES string of the molecule is Cc1cc(C(=O)Nc2cccc(N)c2)no1. The molecule has 1 aromatic carbocycles. The van der Waals surface area contributed by atoms with E-state index in [9.17, 15) is 4.79 Å². The molecule has 5 heteroatoms. The normalized spacial score (nSPS) is 10.1. The van der Waals surface area contributed by atoms with Gasteiger partial charge >= 0.3 is 0 Å². The summed E-state index contributed by atoms with van der Waals surface area (Å²) in [7, 11) is 0. The fraction of sp³-hybridized carbons (Fsp3) is 0.0909. The van der Waals surface area contributed by atoms with Crippen molar-refractivity contribution in [1.82, 2.24) is 5.16 Å². The molecule has 2 rings (SSSR count). The second-order valence-corrected chi connectivity index (χ2v) is 3.40. The fourth-order valence-corrected chi connectivity index (χ4v) is 1.28. The molecular weight excluding hydrogens is 206 g/mol. The van der Waals surface area contributed by atoms with Crippen molar-refractivity contribution in [1.29, 1.82) is 0 Å². The number of nitrogen functional groups attached to an aromatic ring is 1. The number of hydrogen-bond donors (Lipinski definition) is 2. The Morgan fingerprint density at radius 3 is 2.88 bits per heavy atom. The van der Waals surface area contributed by atoms with Crippen LogP contribution in [0.25, 0.3) is 0 Å². The monoisotopic (exact) mass is 217 g/mol. The molecule has 0 spiro atoms. The van der Waals surface area contributed by atoms with Crippen molar-refractivity contribution in [2.24, 2.45) is 0 Å². The zero-order valence-electron chi connectivity index (χ0n) is 8.73. The molecule has 2 aromatic rings. The molecule has 3 N–H and O–H groups in total. The van der Waals surface area contributed by atoms with Crippen LogP contribution in [0, 0.1) is 6.92 Å². The summed E-state index contributed by atoms with van der Waals surface area (Å²) < 4.78 is 4.81. The van der Waals surface area contributed by atoms with Crippen molar-refractivity contribution >= 4 is 17.3 Å². The third kappa shape index (κ3) is 2.20. The number of hydrogen-bond acceptors (Lipinski definition) is 4. The molecule has 0 aliphatic rings. The summed E-state index contributed by atoms with van der Waals surface area (Å²) in [6.45, 7) is 1.73. The van der Waals surface area contributed by atoms with E-state index in [0.717, 1.165) is 0 Å². The Labute approximate surface area is 92.2 Å². The van der Waals surface area contributed by atoms with Gasteiger partial charge in [-0.15, -0.1) is 0 Å². The minimum absolute atomic E-state index is 0.250. The van der Waals surface area contributed by atoms with Crippen LogP contribution in [0.4, 0.5) is 11.4 Å². The van der Waals surface area contributed by atoms with Gasteiger partial charge in [-0.05, 0) is 25.1 Å². The van der Waals surface area contributed by atoms with Gasteiger partial charge in [0.1, 0.15) is 5.76 Å². The van der Waals surface area contributed by atoms with Crippen molar-refractivity contribution in [2.75, 3.05) is 11.1 Å². The lowest BCUT2D eigenvalue weighted by Gasteiger charge is -2.02. The van der Waals surface area contributed by atoms with Crippen LogP contribution in [0.1, 0.15) is 16.2 Å². The lowest BCUT2D eigenvalue weighted by molar-refractivity contribution is 0.101. The number of nitrogens with zero attached hydrogens (tertiary/aromatic N) is 1. The highest BCUT2D eigenvalue weighted by Gasteiger charge is 2.10. The minimum Gasteiger partial charge on any atom is -0.399 e. The van der Waals surface area contributed by atoms with E-state index in [-0.39, 0.29) is 11.6 Å². The molecule has 0 fully saturated rings. The minimum atomic E-state index is -0.317. The van der Waals surface area contributed by atoms with Crippen molar-refractivity contribution in [2.45, 2.75) is 6.92 Å². The van der Waals surface area contributed by atoms with Crippen LogP contribution in [0.5, 0.6) is 0 Å². The summed E-state index contributed by atoms with van der Waals surface area (Å²) in [5.41, 5.74) is 7.06. The van der Waals surface area contributed by atoms with Crippen LogP contribution in [0.3, 0.4) is 0 Å². The van der Waals surface area contributed by atoms with Gasteiger partial charge in [-0.1, -0.05) is 11.2 Å². The van der Waals surface area contributed by atoms with Crippen molar-refractivity contribution in [3.63, 3.8) is 0 Å². The number of carbonyl (C=O) groups excluding carboxylic acids is 1. The summed E-state index contributed by atoms with van der Waals surface area (Å²) in [5.74, 6) is 0.278. The molecule has 1 heterocycles. The Balaban J connectivity index is 2.13. The number of nitrogens with one attached hydrogen (secondary N) is 1. The first-order chi connectivity index (χ1) is 7.65. The number of aromatic nitrogens is 1. The van der Waals surface area contributed by atoms with Gasteiger partial charge in [0, 0.05) is 17.4 Å². The molecule has 0 aliphatic heterocycles. The predicted molar refractivity (Wildman–Crippen MR) is 60.0 cm³/mol. The van der Waals surface area contributed by atoms with E-state index in [1.54, 1.807) is 37.3 Å². The van der Waals surface area contributed by atoms with Crippen LogP contribution in [-0.4, -0.2) is 11.1 Å². The van der Waals surface area contributed by atoms with Crippen LogP contribution < -0.4 is 11.1 Å². The molecule has 16 heavy (non-hydrogen) atoms. The second-order valence-electron chi connectivity index (χ2n) is 3.40. The maximum atomic E-state index is 11.7. The molecule has 82 valence electrons. The topological polar surface area (TPSA) is 81.2 Å². The number of anilines is 2. The first kappa shape index (κ1) is 10.2. The maximum absolute atomic E-state index is 11.7. The van der Waals surface area contributed by atoms with E-state index in [0.29, 0.717) is 17.1 Å². The smallest absolute Gasteiger partial charge is 0.277 e. The number of aryl methyl sites for hydroxylation is 1. The largest absolute Gasteiger partial charge is 0.399 e. The second kappa shape index (κ2) is 4.06. The summed E-state index contributed by atoms with van der Waals surface area (Å²) in [6, 6.07) is 8.50. The van der Waals surface area contributed by atoms with Crippen molar-refractivity contribution < 1.29 is 9.32 Å². The molecule has 0 saturated carbocycles. The molecule has 1 aromatic heterocycles. The zero-order valence-corrected chi connectivity index (χ0v) is 8.73. The number of amides is 1. The number of rotatable bonds is 2. The van der Waals surface area contributed by atoms with Crippen molar-refractivity contribution in [3.05, 3.63) is 41.8 Å². The van der Waals surface area contributed by atoms with E-state index >= 15 is 0 Å². The molecule has 0 bridgehead atoms. The molecular formula is C11H11N3O2. The highest BCUT2D eigenvalue weighted by molar-refractivity contribution is 6.02. The van der Waals surface area contributed by atoms with Gasteiger partial charge in [-0.25, -0.2) is 0 Å². The molecule has 1 amide bonds. The first-order valence-electron chi connectivity index (χ1n) is 4.75. The highest BCUT2D eigenvalue weighted by Crippen LogP contribution is 2.13. The lowest BCUT2D eigenvalue weighted by Crippen LogP contribution is -2.12. The molecule has 5 nitrogen and oxygen atoms in total. The Hall–Kier alpha value is -2.30. The summed E-state index contributed by atoms with van der Waals surface area (Å²) in [5, 5.41) is 6.29. The quantitative estimate of drug-likeness (QED) is 0.752. The Bertz CT molecular complexity index is 519. The predicted octanol–water partition coefficient (Wildman–Crippen LogP) is 1.82. The summed E-state index contributed by atoms with van der Waals surface area (Å²) in [6.07, 6.45) is 0. The van der Waals surface area contributed by atoms with Crippen LogP contribution in [0.2, 0.25) is 0 Å². The Morgan fingerprint density at radius 2 is 2.25 bits per heavy atom. The molecule has 0 aliphatic carbocycles. The fourth-order valence-electron chi connectivity index (χ4n) is 1.28. The molecule has 0 unspecified atom stereocenters. The number of benzene rings is 1. The molecule has 0 saturated heterocycles. The lowest BCUT2D eigenvalue weighted by atomic mass is 10.2. The summed E-state index contributed by atoms with van der Waals surface area (Å²) >= 11 is 0. The van der Waals surface area contributed by atoms with Gasteiger partial charge in [-0.2, -0.15) is 0 Å². The van der Waals surface area contributed by atoms with Crippen LogP contribution in [0.15, 0.2) is 34.9 Å². The van der Waals surface area contributed by atoms with Gasteiger partial charge in [0.2, 0.25) is 0 Å². The van der Waals surface area contributed by atoms with Crippen LogP contribution >= 0.6 is 0 Å². The van der Waals surface area contributed by atoms with Crippen LogP contribution in [-0.2, 0) is 0 Å². The standard InChI is InChI=1S/C11H11N3O2/c1-7-5-10(14-16-7)11(15)13-9-4-2-3-8(12)6-9/h2-6H,12H2,1H3,(H,13,15). The van der Waals surface area contributed by atoms with Gasteiger partial charge in [0.25, 0.3) is 5.91 Å². The highest BCUT2D eigenvalue weighted by atomic mass is 16.5. The Kier molecular flexibility index (Phi) is 2.59. The van der Waals surface area contributed by atoms with E-state index in [4.69, 9.17) is 10.3 Å². The maximum Gasteiger partial charge on any atom is 0.277 e. The van der Waals surface area contributed by atoms with E-state index < -0.39 is 0 Å². The average Bonchev–Trinajstić information content (AvgIpc) is 2.65. The third-order valence-corrected chi connectivity index (χ3v) is 2.01. The Morgan fingerprint density at radius 1 is 1.44 bits per heavy atom. The first-order valence-corrected chi connectivity index (χ1v) is 4.75. The van der Waals surface area contributed by atoms with Gasteiger partial charge in [0.15, 0.2) is 5.69 Å². The zero-order chi connectivity index (χ0) is 11.5. The number of nitrogens with two attached hydrogens (primary N) is 1. The average molecular weight is 217 g/mol. The van der Waals surface area contributed by atoms with Gasteiger partial charge in [0.05, 0.1) is 0 Å². The molecule has 0 atom stereocenters. The van der Waals surface area contributed by atoms with Gasteiger partial charge in [-0.3, -0.25) is 4.79 Å². The summed E-state index contributed by atoms with van der Waals surface area (Å²) in [4.78, 5) is 11.7. The van der Waals surface area contributed by atoms with Gasteiger partial charge < -0.3 is 15.6 Å². The van der Waals surface area contributed by atoms with E-state index in [1.165, 1.54) is 0 Å². The third-order valence-electron chi connectivity index (χ3n) is 2.01. The van der Waals surface area contributed by atoms with Crippen molar-refractivity contribution in [3.8, 4) is 0 Å². The number of carbonyl (C=O) groups is 1. The molecule has 0 radical (unpaired) electrons. The van der Waals surface area contributed by atoms with E-state index in [1.807, 2.05) is 0 Å². The van der Waals surface area contributed by atoms with E-state index in [2.05, 4.69) is 10.5 Å².